The molecule has 5 heteroatoms. The van der Waals surface area contributed by atoms with Crippen LogP contribution < -0.4 is 10.2 Å². The van der Waals surface area contributed by atoms with Crippen molar-refractivity contribution in [1.82, 2.24) is 15.5 Å². The van der Waals surface area contributed by atoms with Gasteiger partial charge >= 0.3 is 0 Å². The Morgan fingerprint density at radius 3 is 2.60 bits per heavy atom. The van der Waals surface area contributed by atoms with Crippen molar-refractivity contribution in [2.24, 2.45) is 0 Å². The Bertz CT molecular complexity index is 542. The summed E-state index contributed by atoms with van der Waals surface area (Å²) in [7, 11) is 1.78. The maximum absolute atomic E-state index is 13.7. The molecular formula is C15H19FN4. The average Bonchev–Trinajstić information content (AvgIpc) is 2.48. The number of rotatable bonds is 6. The summed E-state index contributed by atoms with van der Waals surface area (Å²) < 4.78 is 13.7. The molecule has 1 heterocycles. The Labute approximate surface area is 118 Å². The van der Waals surface area contributed by atoms with Gasteiger partial charge in [-0.05, 0) is 37.2 Å². The number of aromatic nitrogens is 2. The highest BCUT2D eigenvalue weighted by Crippen LogP contribution is 2.23. The van der Waals surface area contributed by atoms with Gasteiger partial charge in [-0.1, -0.05) is 19.1 Å². The third-order valence-corrected chi connectivity index (χ3v) is 3.00. The van der Waals surface area contributed by atoms with E-state index in [2.05, 4.69) is 22.4 Å². The normalized spacial score (nSPS) is 10.6. The third-order valence-electron chi connectivity index (χ3n) is 3.00. The minimum Gasteiger partial charge on any atom is -0.326 e. The first kappa shape index (κ1) is 14.4. The molecule has 0 aliphatic rings. The zero-order valence-corrected chi connectivity index (χ0v) is 11.8. The monoisotopic (exact) mass is 274 g/mol. The van der Waals surface area contributed by atoms with E-state index in [-0.39, 0.29) is 5.82 Å². The van der Waals surface area contributed by atoms with Gasteiger partial charge in [0.25, 0.3) is 0 Å². The molecule has 106 valence electrons. The lowest BCUT2D eigenvalue weighted by Gasteiger charge is -2.18. The molecule has 2 rings (SSSR count). The summed E-state index contributed by atoms with van der Waals surface area (Å²) in [5, 5.41) is 11.6. The van der Waals surface area contributed by atoms with Crippen molar-refractivity contribution in [2.45, 2.75) is 19.9 Å². The van der Waals surface area contributed by atoms with Crippen LogP contribution in [0.25, 0.3) is 0 Å². The summed E-state index contributed by atoms with van der Waals surface area (Å²) >= 11 is 0. The van der Waals surface area contributed by atoms with Gasteiger partial charge in [0.15, 0.2) is 5.82 Å². The highest BCUT2D eigenvalue weighted by Gasteiger charge is 2.10. The average molecular weight is 274 g/mol. The summed E-state index contributed by atoms with van der Waals surface area (Å²) in [5.41, 5.74) is 1.36. The van der Waals surface area contributed by atoms with Gasteiger partial charge in [0.1, 0.15) is 5.82 Å². The molecule has 1 N–H and O–H groups in total. The predicted octanol–water partition coefficient (Wildman–Crippen LogP) is 2.88. The number of benzene rings is 1. The van der Waals surface area contributed by atoms with Crippen LogP contribution in [0.15, 0.2) is 36.4 Å². The minimum atomic E-state index is -0.273. The number of nitrogens with one attached hydrogen (secondary N) is 1. The highest BCUT2D eigenvalue weighted by molar-refractivity contribution is 5.59. The lowest BCUT2D eigenvalue weighted by Crippen LogP contribution is -2.17. The molecule has 2 aromatic rings. The Hall–Kier alpha value is -2.01. The van der Waals surface area contributed by atoms with E-state index < -0.39 is 0 Å². The smallest absolute Gasteiger partial charge is 0.155 e. The Morgan fingerprint density at radius 2 is 1.95 bits per heavy atom. The van der Waals surface area contributed by atoms with E-state index in [0.717, 1.165) is 18.7 Å². The van der Waals surface area contributed by atoms with Gasteiger partial charge in [-0.15, -0.1) is 5.10 Å². The molecule has 0 saturated carbocycles. The summed E-state index contributed by atoms with van der Waals surface area (Å²) in [6.45, 7) is 3.77. The van der Waals surface area contributed by atoms with Gasteiger partial charge < -0.3 is 10.2 Å². The van der Waals surface area contributed by atoms with E-state index in [1.165, 1.54) is 6.07 Å². The van der Waals surface area contributed by atoms with E-state index in [1.807, 2.05) is 12.1 Å². The maximum Gasteiger partial charge on any atom is 0.155 e. The molecule has 0 spiro atoms. The van der Waals surface area contributed by atoms with Gasteiger partial charge in [-0.3, -0.25) is 0 Å². The van der Waals surface area contributed by atoms with E-state index in [4.69, 9.17) is 0 Å². The van der Waals surface area contributed by atoms with Crippen molar-refractivity contribution in [3.8, 4) is 0 Å². The van der Waals surface area contributed by atoms with Crippen LogP contribution in [0.1, 0.15) is 19.0 Å². The number of halogens is 1. The van der Waals surface area contributed by atoms with Crippen LogP contribution in [0.5, 0.6) is 0 Å². The van der Waals surface area contributed by atoms with Crippen LogP contribution >= 0.6 is 0 Å². The topological polar surface area (TPSA) is 41.0 Å². The molecule has 0 unspecified atom stereocenters. The summed E-state index contributed by atoms with van der Waals surface area (Å²) in [6, 6.07) is 10.4. The van der Waals surface area contributed by atoms with Crippen molar-refractivity contribution < 1.29 is 4.39 Å². The molecule has 1 aromatic heterocycles. The second-order valence-electron chi connectivity index (χ2n) is 4.57. The SMILES string of the molecule is CCCNCc1ccc(N(C)c2ccccc2F)nn1. The van der Waals surface area contributed by atoms with Crippen LogP contribution in [-0.4, -0.2) is 23.8 Å². The fourth-order valence-corrected chi connectivity index (χ4v) is 1.87. The van der Waals surface area contributed by atoms with Crippen molar-refractivity contribution in [3.05, 3.63) is 47.9 Å². The van der Waals surface area contributed by atoms with Crippen molar-refractivity contribution in [3.63, 3.8) is 0 Å². The van der Waals surface area contributed by atoms with E-state index >= 15 is 0 Å². The van der Waals surface area contributed by atoms with E-state index in [9.17, 15) is 4.39 Å². The molecule has 0 radical (unpaired) electrons. The molecule has 20 heavy (non-hydrogen) atoms. The predicted molar refractivity (Wildman–Crippen MR) is 78.5 cm³/mol. The molecule has 0 fully saturated rings. The summed E-state index contributed by atoms with van der Waals surface area (Å²) in [4.78, 5) is 1.69. The molecule has 0 aliphatic heterocycles. The molecule has 0 amide bonds. The fourth-order valence-electron chi connectivity index (χ4n) is 1.87. The number of anilines is 2. The fraction of sp³-hybridized carbons (Fsp3) is 0.333. The quantitative estimate of drug-likeness (QED) is 0.822. The van der Waals surface area contributed by atoms with Gasteiger partial charge in [0.05, 0.1) is 11.4 Å². The molecule has 0 aliphatic carbocycles. The minimum absolute atomic E-state index is 0.273. The first-order valence-electron chi connectivity index (χ1n) is 6.74. The van der Waals surface area contributed by atoms with Gasteiger partial charge in [-0.25, -0.2) is 4.39 Å². The zero-order valence-electron chi connectivity index (χ0n) is 11.8. The first-order chi connectivity index (χ1) is 9.72. The lowest BCUT2D eigenvalue weighted by molar-refractivity contribution is 0.626. The van der Waals surface area contributed by atoms with Crippen LogP contribution in [0.3, 0.4) is 0 Å². The van der Waals surface area contributed by atoms with Gasteiger partial charge in [0, 0.05) is 13.6 Å². The second kappa shape index (κ2) is 6.96. The Morgan fingerprint density at radius 1 is 1.15 bits per heavy atom. The zero-order chi connectivity index (χ0) is 14.4. The number of hydrogen-bond donors (Lipinski definition) is 1. The van der Waals surface area contributed by atoms with E-state index in [0.29, 0.717) is 18.1 Å². The Kier molecular flexibility index (Phi) is 5.01. The highest BCUT2D eigenvalue weighted by atomic mass is 19.1. The molecule has 0 atom stereocenters. The van der Waals surface area contributed by atoms with Crippen LogP contribution in [0.4, 0.5) is 15.9 Å². The lowest BCUT2D eigenvalue weighted by atomic mass is 10.3. The maximum atomic E-state index is 13.7. The number of hydrogen-bond acceptors (Lipinski definition) is 4. The van der Waals surface area contributed by atoms with Crippen LogP contribution in [-0.2, 0) is 6.54 Å². The van der Waals surface area contributed by atoms with Crippen LogP contribution in [0.2, 0.25) is 0 Å². The number of para-hydroxylation sites is 1. The molecular weight excluding hydrogens is 255 g/mol. The largest absolute Gasteiger partial charge is 0.326 e. The first-order valence-corrected chi connectivity index (χ1v) is 6.74. The van der Waals surface area contributed by atoms with Crippen molar-refractivity contribution in [2.75, 3.05) is 18.5 Å². The molecule has 0 saturated heterocycles. The van der Waals surface area contributed by atoms with Gasteiger partial charge in [0.2, 0.25) is 0 Å². The molecule has 4 nitrogen and oxygen atoms in total. The van der Waals surface area contributed by atoms with E-state index in [1.54, 1.807) is 30.1 Å². The van der Waals surface area contributed by atoms with Crippen LogP contribution in [0, 0.1) is 5.82 Å². The molecule has 1 aromatic carbocycles. The van der Waals surface area contributed by atoms with Crippen molar-refractivity contribution >= 4 is 11.5 Å². The second-order valence-corrected chi connectivity index (χ2v) is 4.57. The summed E-state index contributed by atoms with van der Waals surface area (Å²) in [6.07, 6.45) is 1.08. The molecule has 0 bridgehead atoms. The van der Waals surface area contributed by atoms with Gasteiger partial charge in [-0.2, -0.15) is 5.10 Å². The third kappa shape index (κ3) is 3.51. The van der Waals surface area contributed by atoms with Crippen molar-refractivity contribution in [1.29, 1.82) is 0 Å². The number of nitrogens with zero attached hydrogens (tertiary/aromatic N) is 3. The Balaban J connectivity index is 2.08. The standard InChI is InChI=1S/C15H19FN4/c1-3-10-17-11-12-8-9-15(19-18-12)20(2)14-7-5-4-6-13(14)16/h4-9,17H,3,10-11H2,1-2H3. The summed E-state index contributed by atoms with van der Waals surface area (Å²) in [5.74, 6) is 0.347.